The molecule has 1 aliphatic rings. The molecule has 1 aliphatic carbocycles. The molecule has 1 amide bonds. The van der Waals surface area contributed by atoms with Crippen molar-refractivity contribution in [2.75, 3.05) is 5.32 Å². The van der Waals surface area contributed by atoms with Crippen LogP contribution < -0.4 is 16.2 Å². The maximum atomic E-state index is 12.1. The third-order valence-corrected chi connectivity index (χ3v) is 5.23. The molecule has 0 atom stereocenters. The van der Waals surface area contributed by atoms with Gasteiger partial charge in [-0.3, -0.25) is 9.59 Å². The van der Waals surface area contributed by atoms with Crippen LogP contribution in [0.25, 0.3) is 4.96 Å². The van der Waals surface area contributed by atoms with Crippen LogP contribution in [0, 0.1) is 0 Å². The highest BCUT2D eigenvalue weighted by atomic mass is 32.1. The number of carbonyl (C=O) groups excluding carboxylic acids is 1. The van der Waals surface area contributed by atoms with E-state index < -0.39 is 0 Å². The van der Waals surface area contributed by atoms with Gasteiger partial charge < -0.3 is 10.6 Å². The van der Waals surface area contributed by atoms with E-state index in [0.717, 1.165) is 30.0 Å². The van der Waals surface area contributed by atoms with Gasteiger partial charge in [0, 0.05) is 23.4 Å². The Hall–Kier alpha value is -2.74. The minimum atomic E-state index is -0.171. The fourth-order valence-electron chi connectivity index (χ4n) is 2.56. The van der Waals surface area contributed by atoms with Crippen molar-refractivity contribution >= 4 is 27.9 Å². The van der Waals surface area contributed by atoms with Crippen LogP contribution >= 0.6 is 11.3 Å². The van der Waals surface area contributed by atoms with Crippen LogP contribution in [0.3, 0.4) is 0 Å². The molecule has 26 heavy (non-hydrogen) atoms. The van der Waals surface area contributed by atoms with Gasteiger partial charge >= 0.3 is 0 Å². The first-order valence-corrected chi connectivity index (χ1v) is 9.47. The summed E-state index contributed by atoms with van der Waals surface area (Å²) in [6, 6.07) is 9.14. The molecule has 4 rings (SSSR count). The first-order chi connectivity index (χ1) is 12.6. The SMILES string of the molecule is CCc1nn2c(=O)cc(CNc3ccc(C(=O)NC4CC4)cc3)nc2s1. The summed E-state index contributed by atoms with van der Waals surface area (Å²) in [4.78, 5) is 29.2. The summed E-state index contributed by atoms with van der Waals surface area (Å²) in [6.07, 6.45) is 2.92. The lowest BCUT2D eigenvalue weighted by Gasteiger charge is -2.07. The lowest BCUT2D eigenvalue weighted by atomic mass is 10.2. The summed E-state index contributed by atoms with van der Waals surface area (Å²) < 4.78 is 1.35. The number of hydrogen-bond acceptors (Lipinski definition) is 6. The topological polar surface area (TPSA) is 88.4 Å². The molecule has 0 radical (unpaired) electrons. The molecule has 0 unspecified atom stereocenters. The lowest BCUT2D eigenvalue weighted by molar-refractivity contribution is 0.0951. The first kappa shape index (κ1) is 16.7. The third kappa shape index (κ3) is 3.60. The second-order valence-corrected chi connectivity index (χ2v) is 7.35. The fraction of sp³-hybridized carbons (Fsp3) is 0.333. The van der Waals surface area contributed by atoms with Crippen molar-refractivity contribution in [1.29, 1.82) is 0 Å². The highest BCUT2D eigenvalue weighted by molar-refractivity contribution is 7.16. The van der Waals surface area contributed by atoms with Crippen LogP contribution in [-0.4, -0.2) is 26.5 Å². The highest BCUT2D eigenvalue weighted by Gasteiger charge is 2.23. The Morgan fingerprint density at radius 2 is 2.08 bits per heavy atom. The van der Waals surface area contributed by atoms with Crippen LogP contribution in [0.4, 0.5) is 5.69 Å². The number of aryl methyl sites for hydroxylation is 1. The Bertz CT molecular complexity index is 1000. The van der Waals surface area contributed by atoms with E-state index in [1.807, 2.05) is 19.1 Å². The molecular formula is C18H19N5O2S. The summed E-state index contributed by atoms with van der Waals surface area (Å²) in [7, 11) is 0. The second kappa shape index (κ2) is 6.87. The van der Waals surface area contributed by atoms with Gasteiger partial charge in [-0.1, -0.05) is 18.3 Å². The van der Waals surface area contributed by atoms with Gasteiger partial charge in [0.05, 0.1) is 12.2 Å². The normalized spacial score (nSPS) is 13.7. The Kier molecular flexibility index (Phi) is 4.42. The smallest absolute Gasteiger partial charge is 0.275 e. The van der Waals surface area contributed by atoms with Crippen molar-refractivity contribution in [3.05, 3.63) is 57.0 Å². The Labute approximate surface area is 154 Å². The molecule has 0 saturated heterocycles. The minimum absolute atomic E-state index is 0.0314. The number of anilines is 1. The zero-order chi connectivity index (χ0) is 18.1. The molecule has 0 spiro atoms. The van der Waals surface area contributed by atoms with Crippen molar-refractivity contribution in [3.8, 4) is 0 Å². The van der Waals surface area contributed by atoms with E-state index >= 15 is 0 Å². The van der Waals surface area contributed by atoms with Crippen LogP contribution in [0.15, 0.2) is 35.1 Å². The van der Waals surface area contributed by atoms with E-state index in [0.29, 0.717) is 28.8 Å². The van der Waals surface area contributed by atoms with E-state index in [-0.39, 0.29) is 11.5 Å². The quantitative estimate of drug-likeness (QED) is 0.696. The zero-order valence-electron chi connectivity index (χ0n) is 14.4. The molecule has 134 valence electrons. The van der Waals surface area contributed by atoms with Gasteiger partial charge in [-0.2, -0.15) is 9.61 Å². The monoisotopic (exact) mass is 369 g/mol. The fourth-order valence-corrected chi connectivity index (χ4v) is 3.42. The van der Waals surface area contributed by atoms with Gasteiger partial charge in [-0.15, -0.1) is 0 Å². The largest absolute Gasteiger partial charge is 0.379 e. The molecule has 2 aromatic heterocycles. The minimum Gasteiger partial charge on any atom is -0.379 e. The number of nitrogens with one attached hydrogen (secondary N) is 2. The van der Waals surface area contributed by atoms with Crippen molar-refractivity contribution in [3.63, 3.8) is 0 Å². The number of amides is 1. The van der Waals surface area contributed by atoms with Gasteiger partial charge in [-0.05, 0) is 43.5 Å². The van der Waals surface area contributed by atoms with Crippen molar-refractivity contribution < 1.29 is 4.79 Å². The summed E-state index contributed by atoms with van der Waals surface area (Å²) in [5.41, 5.74) is 2.01. The number of nitrogens with zero attached hydrogens (tertiary/aromatic N) is 3. The van der Waals surface area contributed by atoms with Gasteiger partial charge in [0.15, 0.2) is 0 Å². The number of hydrogen-bond donors (Lipinski definition) is 2. The number of carbonyl (C=O) groups is 1. The van der Waals surface area contributed by atoms with Crippen molar-refractivity contribution in [2.24, 2.45) is 0 Å². The predicted octanol–water partition coefficient (Wildman–Crippen LogP) is 2.22. The summed E-state index contributed by atoms with van der Waals surface area (Å²) >= 11 is 1.43. The molecule has 8 heteroatoms. The van der Waals surface area contributed by atoms with Crippen molar-refractivity contribution in [1.82, 2.24) is 19.9 Å². The maximum absolute atomic E-state index is 12.1. The molecule has 1 saturated carbocycles. The molecule has 1 aromatic carbocycles. The summed E-state index contributed by atoms with van der Waals surface area (Å²) in [6.45, 7) is 2.43. The van der Waals surface area contributed by atoms with Gasteiger partial charge in [0.25, 0.3) is 11.5 Å². The lowest BCUT2D eigenvalue weighted by Crippen LogP contribution is -2.25. The highest BCUT2D eigenvalue weighted by Crippen LogP contribution is 2.20. The van der Waals surface area contributed by atoms with E-state index in [4.69, 9.17) is 0 Å². The average Bonchev–Trinajstić information content (AvgIpc) is 3.35. The Morgan fingerprint density at radius 3 is 2.77 bits per heavy atom. The zero-order valence-corrected chi connectivity index (χ0v) is 15.2. The van der Waals surface area contributed by atoms with Gasteiger partial charge in [-0.25, -0.2) is 4.98 Å². The Balaban J connectivity index is 1.44. The van der Waals surface area contributed by atoms with Crippen molar-refractivity contribution in [2.45, 2.75) is 38.8 Å². The van der Waals surface area contributed by atoms with E-state index in [1.54, 1.807) is 12.1 Å². The van der Waals surface area contributed by atoms with Crippen LogP contribution in [0.2, 0.25) is 0 Å². The second-order valence-electron chi connectivity index (χ2n) is 6.31. The Morgan fingerprint density at radius 1 is 1.31 bits per heavy atom. The van der Waals surface area contributed by atoms with Gasteiger partial charge in [0.2, 0.25) is 4.96 Å². The number of fused-ring (bicyclic) bond motifs is 1. The van der Waals surface area contributed by atoms with Crippen LogP contribution in [-0.2, 0) is 13.0 Å². The molecule has 2 heterocycles. The molecular weight excluding hydrogens is 350 g/mol. The van der Waals surface area contributed by atoms with E-state index in [1.165, 1.54) is 21.9 Å². The predicted molar refractivity (Wildman–Crippen MR) is 101 cm³/mol. The maximum Gasteiger partial charge on any atom is 0.275 e. The van der Waals surface area contributed by atoms with Crippen LogP contribution in [0.5, 0.6) is 0 Å². The van der Waals surface area contributed by atoms with Gasteiger partial charge in [0.1, 0.15) is 5.01 Å². The van der Waals surface area contributed by atoms with E-state index in [2.05, 4.69) is 20.7 Å². The average molecular weight is 369 g/mol. The number of aromatic nitrogens is 3. The third-order valence-electron chi connectivity index (χ3n) is 4.18. The molecule has 7 nitrogen and oxygen atoms in total. The standard InChI is InChI=1S/C18H19N5O2S/c1-2-15-22-23-16(24)9-14(21-18(23)26-15)10-19-12-5-3-11(4-6-12)17(25)20-13-7-8-13/h3-6,9,13,19H,2,7-8,10H2,1H3,(H,20,25). The summed E-state index contributed by atoms with van der Waals surface area (Å²) in [5, 5.41) is 11.3. The molecule has 2 N–H and O–H groups in total. The molecule has 1 fully saturated rings. The van der Waals surface area contributed by atoms with Crippen LogP contribution in [0.1, 0.15) is 40.8 Å². The number of benzene rings is 1. The molecule has 0 aliphatic heterocycles. The molecule has 0 bridgehead atoms. The molecule has 3 aromatic rings. The number of rotatable bonds is 6. The van der Waals surface area contributed by atoms with E-state index in [9.17, 15) is 9.59 Å². The first-order valence-electron chi connectivity index (χ1n) is 8.66. The summed E-state index contributed by atoms with van der Waals surface area (Å²) in [5.74, 6) is -0.0314.